The Morgan fingerprint density at radius 3 is 2.26 bits per heavy atom. The highest BCUT2D eigenvalue weighted by Crippen LogP contribution is 2.19. The lowest BCUT2D eigenvalue weighted by Gasteiger charge is -2.20. The van der Waals surface area contributed by atoms with Gasteiger partial charge in [-0.1, -0.05) is 40.0 Å². The Kier molecular flexibility index (Phi) is 9.18. The molecule has 0 fully saturated rings. The van der Waals surface area contributed by atoms with Crippen LogP contribution in [0, 0.1) is 5.92 Å². The monoisotopic (exact) mass is 321 g/mol. The smallest absolute Gasteiger partial charge is 0.261 e. The first-order valence-electron chi connectivity index (χ1n) is 8.72. The van der Waals surface area contributed by atoms with Crippen LogP contribution in [0.15, 0.2) is 24.3 Å². The van der Waals surface area contributed by atoms with Gasteiger partial charge in [-0.15, -0.1) is 0 Å². The molecule has 130 valence electrons. The molecule has 0 aromatic heterocycles. The molecule has 0 aliphatic rings. The molecular weight excluding hydrogens is 290 g/mol. The van der Waals surface area contributed by atoms with Gasteiger partial charge in [0.2, 0.25) is 0 Å². The molecule has 1 rings (SSSR count). The van der Waals surface area contributed by atoms with E-state index in [1.165, 1.54) is 19.3 Å². The number of hydrogen-bond donors (Lipinski definition) is 1. The van der Waals surface area contributed by atoms with Crippen molar-refractivity contribution in [1.29, 1.82) is 0 Å². The lowest BCUT2D eigenvalue weighted by Crippen LogP contribution is -2.40. The van der Waals surface area contributed by atoms with Crippen LogP contribution in [-0.4, -0.2) is 25.7 Å². The molecule has 0 radical (unpaired) electrons. The van der Waals surface area contributed by atoms with E-state index in [0.717, 1.165) is 18.7 Å². The Hall–Kier alpha value is -1.71. The highest BCUT2D eigenvalue weighted by molar-refractivity contribution is 5.81. The molecule has 0 aliphatic carbocycles. The van der Waals surface area contributed by atoms with Crippen LogP contribution >= 0.6 is 0 Å². The van der Waals surface area contributed by atoms with Gasteiger partial charge < -0.3 is 14.8 Å². The third-order valence-electron chi connectivity index (χ3n) is 4.11. The summed E-state index contributed by atoms with van der Waals surface area (Å²) >= 11 is 0. The summed E-state index contributed by atoms with van der Waals surface area (Å²) in [6.07, 6.45) is 4.87. The summed E-state index contributed by atoms with van der Waals surface area (Å²) in [6.45, 7) is 7.07. The number of rotatable bonds is 11. The summed E-state index contributed by atoms with van der Waals surface area (Å²) in [6, 6.07) is 7.31. The fourth-order valence-electron chi connectivity index (χ4n) is 2.44. The second-order valence-electron chi connectivity index (χ2n) is 5.85. The molecule has 1 N–H and O–H groups in total. The second kappa shape index (κ2) is 10.9. The van der Waals surface area contributed by atoms with Gasteiger partial charge in [-0.2, -0.15) is 0 Å². The van der Waals surface area contributed by atoms with Crippen LogP contribution in [0.5, 0.6) is 11.5 Å². The van der Waals surface area contributed by atoms with Crippen molar-refractivity contribution in [3.05, 3.63) is 24.3 Å². The van der Waals surface area contributed by atoms with Gasteiger partial charge in [-0.3, -0.25) is 4.79 Å². The summed E-state index contributed by atoms with van der Waals surface area (Å²) in [5, 5.41) is 3.05. The fourth-order valence-corrected chi connectivity index (χ4v) is 2.44. The van der Waals surface area contributed by atoms with Gasteiger partial charge in [-0.05, 0) is 43.0 Å². The van der Waals surface area contributed by atoms with E-state index in [9.17, 15) is 4.79 Å². The Morgan fingerprint density at radius 1 is 1.09 bits per heavy atom. The van der Waals surface area contributed by atoms with Crippen molar-refractivity contribution in [2.45, 2.75) is 59.0 Å². The number of nitrogens with one attached hydrogen (secondary N) is 1. The van der Waals surface area contributed by atoms with E-state index in [0.29, 0.717) is 18.1 Å². The Labute approximate surface area is 140 Å². The molecule has 2 unspecified atom stereocenters. The van der Waals surface area contributed by atoms with Gasteiger partial charge >= 0.3 is 0 Å². The molecule has 0 saturated carbocycles. The van der Waals surface area contributed by atoms with E-state index in [1.807, 2.05) is 31.2 Å². The fraction of sp³-hybridized carbons (Fsp3) is 0.632. The number of benzene rings is 1. The van der Waals surface area contributed by atoms with Crippen molar-refractivity contribution < 1.29 is 14.3 Å². The first-order valence-corrected chi connectivity index (χ1v) is 8.72. The molecule has 1 aromatic rings. The van der Waals surface area contributed by atoms with Gasteiger partial charge in [0, 0.05) is 6.54 Å². The van der Waals surface area contributed by atoms with E-state index >= 15 is 0 Å². The first kappa shape index (κ1) is 19.3. The maximum atomic E-state index is 12.3. The Morgan fingerprint density at radius 2 is 1.74 bits per heavy atom. The van der Waals surface area contributed by atoms with Crippen molar-refractivity contribution in [1.82, 2.24) is 5.32 Å². The number of unbranched alkanes of at least 4 members (excludes halogenated alkanes) is 1. The molecule has 4 heteroatoms. The van der Waals surface area contributed by atoms with E-state index in [-0.39, 0.29) is 5.91 Å². The third kappa shape index (κ3) is 6.93. The second-order valence-corrected chi connectivity index (χ2v) is 5.85. The standard InChI is InChI=1S/C19H31NO3/c1-5-8-9-15(6-2)14-20-19(21)18(7-3)23-17-12-10-16(22-4)11-13-17/h10-13,15,18H,5-9,14H2,1-4H3,(H,20,21). The van der Waals surface area contributed by atoms with Crippen molar-refractivity contribution in [3.63, 3.8) is 0 Å². The van der Waals surface area contributed by atoms with E-state index in [2.05, 4.69) is 19.2 Å². The van der Waals surface area contributed by atoms with Gasteiger partial charge in [-0.25, -0.2) is 0 Å². The average Bonchev–Trinajstić information content (AvgIpc) is 2.60. The largest absolute Gasteiger partial charge is 0.497 e. The highest BCUT2D eigenvalue weighted by Gasteiger charge is 2.19. The number of amides is 1. The van der Waals surface area contributed by atoms with Crippen LogP contribution in [0.25, 0.3) is 0 Å². The Balaban J connectivity index is 2.50. The zero-order valence-corrected chi connectivity index (χ0v) is 14.9. The van der Waals surface area contributed by atoms with Gasteiger partial charge in [0.05, 0.1) is 7.11 Å². The van der Waals surface area contributed by atoms with Crippen LogP contribution in [-0.2, 0) is 4.79 Å². The van der Waals surface area contributed by atoms with Crippen LogP contribution in [0.2, 0.25) is 0 Å². The summed E-state index contributed by atoms with van der Waals surface area (Å²) in [5.74, 6) is 1.98. The molecule has 0 bridgehead atoms. The van der Waals surface area contributed by atoms with Crippen molar-refractivity contribution in [2.24, 2.45) is 5.92 Å². The minimum absolute atomic E-state index is 0.0294. The molecule has 23 heavy (non-hydrogen) atoms. The maximum absolute atomic E-state index is 12.3. The van der Waals surface area contributed by atoms with E-state index in [4.69, 9.17) is 9.47 Å². The van der Waals surface area contributed by atoms with Crippen LogP contribution < -0.4 is 14.8 Å². The summed E-state index contributed by atoms with van der Waals surface area (Å²) in [4.78, 5) is 12.3. The predicted molar refractivity (Wildman–Crippen MR) is 94.0 cm³/mol. The van der Waals surface area contributed by atoms with Crippen molar-refractivity contribution >= 4 is 5.91 Å². The summed E-state index contributed by atoms with van der Waals surface area (Å²) in [7, 11) is 1.63. The minimum atomic E-state index is -0.452. The van der Waals surface area contributed by atoms with Crippen molar-refractivity contribution in [2.75, 3.05) is 13.7 Å². The minimum Gasteiger partial charge on any atom is -0.497 e. The zero-order chi connectivity index (χ0) is 17.1. The summed E-state index contributed by atoms with van der Waals surface area (Å²) in [5.41, 5.74) is 0. The van der Waals surface area contributed by atoms with Gasteiger partial charge in [0.15, 0.2) is 6.10 Å². The van der Waals surface area contributed by atoms with Crippen LogP contribution in [0.4, 0.5) is 0 Å². The number of carbonyl (C=O) groups is 1. The lowest BCUT2D eigenvalue weighted by atomic mass is 9.99. The molecule has 4 nitrogen and oxygen atoms in total. The summed E-state index contributed by atoms with van der Waals surface area (Å²) < 4.78 is 10.9. The molecule has 0 heterocycles. The van der Waals surface area contributed by atoms with E-state index < -0.39 is 6.10 Å². The van der Waals surface area contributed by atoms with Gasteiger partial charge in [0.1, 0.15) is 11.5 Å². The predicted octanol–water partition coefficient (Wildman–Crippen LogP) is 4.19. The number of carbonyl (C=O) groups excluding carboxylic acids is 1. The Bertz CT molecular complexity index is 444. The zero-order valence-electron chi connectivity index (χ0n) is 14.9. The third-order valence-corrected chi connectivity index (χ3v) is 4.11. The number of hydrogen-bond acceptors (Lipinski definition) is 3. The van der Waals surface area contributed by atoms with Gasteiger partial charge in [0.25, 0.3) is 5.91 Å². The van der Waals surface area contributed by atoms with Crippen LogP contribution in [0.3, 0.4) is 0 Å². The topological polar surface area (TPSA) is 47.6 Å². The molecule has 0 aliphatic heterocycles. The molecule has 0 spiro atoms. The van der Waals surface area contributed by atoms with Crippen molar-refractivity contribution in [3.8, 4) is 11.5 Å². The maximum Gasteiger partial charge on any atom is 0.261 e. The number of ether oxygens (including phenoxy) is 2. The molecule has 1 amide bonds. The highest BCUT2D eigenvalue weighted by atomic mass is 16.5. The quantitative estimate of drug-likeness (QED) is 0.665. The SMILES string of the molecule is CCCCC(CC)CNC(=O)C(CC)Oc1ccc(OC)cc1. The normalized spacial score (nSPS) is 13.2. The lowest BCUT2D eigenvalue weighted by molar-refractivity contribution is -0.128. The molecule has 0 saturated heterocycles. The average molecular weight is 321 g/mol. The first-order chi connectivity index (χ1) is 11.1. The van der Waals surface area contributed by atoms with E-state index in [1.54, 1.807) is 7.11 Å². The molecule has 1 aromatic carbocycles. The van der Waals surface area contributed by atoms with Crippen LogP contribution in [0.1, 0.15) is 52.9 Å². The molecular formula is C19H31NO3. The number of methoxy groups -OCH3 is 1. The molecule has 2 atom stereocenters.